The molecule has 21 heavy (non-hydrogen) atoms. The smallest absolute Gasteiger partial charge is 0.407 e. The standard InChI is InChI=1S/C15H17N3O3/c1-21-11-6-4-10(5-7-11)12-9-16-14(17-12)13-3-2-8-18(13)15(19)20/h4-7,9,13H,2-3,8H2,1H3,(H,16,17)(H,19,20)/t13-/m0/s1. The van der Waals surface area contributed by atoms with Gasteiger partial charge in [-0.1, -0.05) is 0 Å². The van der Waals surface area contributed by atoms with Crippen LogP contribution >= 0.6 is 0 Å². The van der Waals surface area contributed by atoms with Crippen LogP contribution in [-0.4, -0.2) is 39.7 Å². The van der Waals surface area contributed by atoms with E-state index in [1.165, 1.54) is 4.90 Å². The van der Waals surface area contributed by atoms with Crippen molar-refractivity contribution >= 4 is 6.09 Å². The first-order chi connectivity index (χ1) is 10.2. The number of likely N-dealkylation sites (tertiary alicyclic amines) is 1. The highest BCUT2D eigenvalue weighted by Crippen LogP contribution is 2.31. The molecule has 1 aromatic heterocycles. The maximum Gasteiger partial charge on any atom is 0.407 e. The summed E-state index contributed by atoms with van der Waals surface area (Å²) in [6.07, 6.45) is 2.53. The van der Waals surface area contributed by atoms with E-state index in [1.54, 1.807) is 13.3 Å². The van der Waals surface area contributed by atoms with Gasteiger partial charge >= 0.3 is 6.09 Å². The van der Waals surface area contributed by atoms with Crippen molar-refractivity contribution in [2.24, 2.45) is 0 Å². The zero-order chi connectivity index (χ0) is 14.8. The fraction of sp³-hybridized carbons (Fsp3) is 0.333. The molecule has 1 atom stereocenters. The fourth-order valence-electron chi connectivity index (χ4n) is 2.70. The molecule has 1 amide bonds. The van der Waals surface area contributed by atoms with E-state index in [9.17, 15) is 9.90 Å². The molecule has 0 bridgehead atoms. The Hall–Kier alpha value is -2.50. The van der Waals surface area contributed by atoms with Gasteiger partial charge in [0.25, 0.3) is 0 Å². The number of imidazole rings is 1. The number of hydrogen-bond acceptors (Lipinski definition) is 3. The molecule has 3 rings (SSSR count). The van der Waals surface area contributed by atoms with Gasteiger partial charge < -0.3 is 14.8 Å². The summed E-state index contributed by atoms with van der Waals surface area (Å²) in [5.74, 6) is 1.51. The van der Waals surface area contributed by atoms with Gasteiger partial charge in [-0.15, -0.1) is 0 Å². The molecule has 6 nitrogen and oxygen atoms in total. The summed E-state index contributed by atoms with van der Waals surface area (Å²) < 4.78 is 5.13. The number of amides is 1. The third-order valence-electron chi connectivity index (χ3n) is 3.81. The van der Waals surface area contributed by atoms with Crippen molar-refractivity contribution in [1.29, 1.82) is 0 Å². The number of carboxylic acid groups (broad SMARTS) is 1. The first kappa shape index (κ1) is 13.5. The van der Waals surface area contributed by atoms with Gasteiger partial charge in [0.1, 0.15) is 11.6 Å². The zero-order valence-electron chi connectivity index (χ0n) is 11.7. The molecule has 6 heteroatoms. The number of H-pyrrole nitrogens is 1. The number of nitrogens with zero attached hydrogens (tertiary/aromatic N) is 2. The maximum absolute atomic E-state index is 11.2. The Morgan fingerprint density at radius 2 is 2.19 bits per heavy atom. The van der Waals surface area contributed by atoms with Gasteiger partial charge in [0.05, 0.1) is 25.0 Å². The van der Waals surface area contributed by atoms with E-state index in [2.05, 4.69) is 9.97 Å². The monoisotopic (exact) mass is 287 g/mol. The van der Waals surface area contributed by atoms with Gasteiger partial charge in [-0.25, -0.2) is 9.78 Å². The number of benzene rings is 1. The van der Waals surface area contributed by atoms with Crippen molar-refractivity contribution in [2.45, 2.75) is 18.9 Å². The lowest BCUT2D eigenvalue weighted by Crippen LogP contribution is -2.29. The van der Waals surface area contributed by atoms with Crippen LogP contribution in [0, 0.1) is 0 Å². The van der Waals surface area contributed by atoms with E-state index in [0.717, 1.165) is 29.8 Å². The molecule has 2 aromatic rings. The van der Waals surface area contributed by atoms with Gasteiger partial charge in [-0.05, 0) is 42.7 Å². The highest BCUT2D eigenvalue weighted by Gasteiger charge is 2.31. The summed E-state index contributed by atoms with van der Waals surface area (Å²) in [6.45, 7) is 0.568. The predicted octanol–water partition coefficient (Wildman–Crippen LogP) is 2.90. The number of hydrogen-bond donors (Lipinski definition) is 2. The first-order valence-corrected chi connectivity index (χ1v) is 6.88. The molecule has 110 valence electrons. The Labute approximate surface area is 122 Å². The van der Waals surface area contributed by atoms with Crippen molar-refractivity contribution in [1.82, 2.24) is 14.9 Å². The summed E-state index contributed by atoms with van der Waals surface area (Å²) in [6, 6.07) is 7.48. The van der Waals surface area contributed by atoms with E-state index in [1.807, 2.05) is 24.3 Å². The van der Waals surface area contributed by atoms with Crippen LogP contribution in [0.2, 0.25) is 0 Å². The zero-order valence-corrected chi connectivity index (χ0v) is 11.7. The minimum absolute atomic E-state index is 0.172. The SMILES string of the molecule is COc1ccc(-c2cnc([C@@H]3CCCN3C(=O)O)[nH]2)cc1. The summed E-state index contributed by atoms with van der Waals surface area (Å²) in [5.41, 5.74) is 1.87. The topological polar surface area (TPSA) is 78.4 Å². The second kappa shape index (κ2) is 5.47. The van der Waals surface area contributed by atoms with E-state index in [-0.39, 0.29) is 6.04 Å². The van der Waals surface area contributed by atoms with Crippen LogP contribution in [0.1, 0.15) is 24.7 Å². The molecule has 1 aliphatic rings. The lowest BCUT2D eigenvalue weighted by Gasteiger charge is -2.19. The average molecular weight is 287 g/mol. The largest absolute Gasteiger partial charge is 0.497 e. The van der Waals surface area contributed by atoms with Crippen molar-refractivity contribution in [3.63, 3.8) is 0 Å². The van der Waals surface area contributed by atoms with Gasteiger partial charge in [-0.2, -0.15) is 0 Å². The molecular weight excluding hydrogens is 270 g/mol. The Balaban J connectivity index is 1.84. The minimum Gasteiger partial charge on any atom is -0.497 e. The van der Waals surface area contributed by atoms with Gasteiger partial charge in [0.15, 0.2) is 0 Å². The van der Waals surface area contributed by atoms with E-state index < -0.39 is 6.09 Å². The van der Waals surface area contributed by atoms with Gasteiger partial charge in [-0.3, -0.25) is 4.90 Å². The van der Waals surface area contributed by atoms with Gasteiger partial charge in [0.2, 0.25) is 0 Å². The molecule has 1 fully saturated rings. The summed E-state index contributed by atoms with van der Waals surface area (Å²) >= 11 is 0. The van der Waals surface area contributed by atoms with Crippen molar-refractivity contribution in [2.75, 3.05) is 13.7 Å². The lowest BCUT2D eigenvalue weighted by atomic mass is 10.1. The Bertz CT molecular complexity index is 636. The average Bonchev–Trinajstić information content (AvgIpc) is 3.16. The highest BCUT2D eigenvalue weighted by molar-refractivity contribution is 5.66. The van der Waals surface area contributed by atoms with Crippen molar-refractivity contribution in [3.05, 3.63) is 36.3 Å². The number of aromatic amines is 1. The van der Waals surface area contributed by atoms with Crippen LogP contribution in [0.25, 0.3) is 11.3 Å². The summed E-state index contributed by atoms with van der Waals surface area (Å²) in [5, 5.41) is 9.20. The molecule has 0 aliphatic carbocycles. The van der Waals surface area contributed by atoms with Crippen molar-refractivity contribution < 1.29 is 14.6 Å². The molecule has 0 unspecified atom stereocenters. The number of rotatable bonds is 3. The quantitative estimate of drug-likeness (QED) is 0.909. The Morgan fingerprint density at radius 3 is 2.86 bits per heavy atom. The van der Waals surface area contributed by atoms with E-state index in [4.69, 9.17) is 4.74 Å². The third kappa shape index (κ3) is 2.56. The number of aromatic nitrogens is 2. The Morgan fingerprint density at radius 1 is 1.43 bits per heavy atom. The maximum atomic E-state index is 11.2. The summed E-state index contributed by atoms with van der Waals surface area (Å²) in [4.78, 5) is 20.2. The number of nitrogens with one attached hydrogen (secondary N) is 1. The molecule has 0 spiro atoms. The molecule has 0 radical (unpaired) electrons. The van der Waals surface area contributed by atoms with Crippen LogP contribution in [0.4, 0.5) is 4.79 Å². The fourth-order valence-corrected chi connectivity index (χ4v) is 2.70. The van der Waals surface area contributed by atoms with Gasteiger partial charge in [0, 0.05) is 6.54 Å². The number of ether oxygens (including phenoxy) is 1. The highest BCUT2D eigenvalue weighted by atomic mass is 16.5. The van der Waals surface area contributed by atoms with Crippen LogP contribution < -0.4 is 4.74 Å². The molecule has 1 aliphatic heterocycles. The third-order valence-corrected chi connectivity index (χ3v) is 3.81. The molecule has 1 aromatic carbocycles. The second-order valence-electron chi connectivity index (χ2n) is 5.04. The van der Waals surface area contributed by atoms with Crippen LogP contribution in [-0.2, 0) is 0 Å². The second-order valence-corrected chi connectivity index (χ2v) is 5.04. The van der Waals surface area contributed by atoms with Crippen molar-refractivity contribution in [3.8, 4) is 17.0 Å². The number of methoxy groups -OCH3 is 1. The normalized spacial score (nSPS) is 18.0. The van der Waals surface area contributed by atoms with Crippen LogP contribution in [0.15, 0.2) is 30.5 Å². The predicted molar refractivity (Wildman–Crippen MR) is 77.3 cm³/mol. The minimum atomic E-state index is -0.889. The molecule has 2 N–H and O–H groups in total. The molecule has 0 saturated carbocycles. The molecular formula is C15H17N3O3. The van der Waals surface area contributed by atoms with E-state index >= 15 is 0 Å². The Kier molecular flexibility index (Phi) is 3.51. The molecule has 2 heterocycles. The molecule has 1 saturated heterocycles. The summed E-state index contributed by atoms with van der Waals surface area (Å²) in [7, 11) is 1.63. The number of carbonyl (C=O) groups is 1. The first-order valence-electron chi connectivity index (χ1n) is 6.88. The van der Waals surface area contributed by atoms with Crippen LogP contribution in [0.5, 0.6) is 5.75 Å². The lowest BCUT2D eigenvalue weighted by molar-refractivity contribution is 0.139. The van der Waals surface area contributed by atoms with Crippen LogP contribution in [0.3, 0.4) is 0 Å². The van der Waals surface area contributed by atoms with E-state index in [0.29, 0.717) is 12.4 Å².